The molecule has 50 heavy (non-hydrogen) atoms. The van der Waals surface area contributed by atoms with Crippen molar-refractivity contribution in [1.82, 2.24) is 0 Å². The van der Waals surface area contributed by atoms with Crippen molar-refractivity contribution in [3.05, 3.63) is 174 Å². The second-order valence-electron chi connectivity index (χ2n) is 12.8. The fourth-order valence-corrected chi connectivity index (χ4v) is 10.5. The molecule has 0 aliphatic carbocycles. The Hall–Kier alpha value is -6.06. The fourth-order valence-electron chi connectivity index (χ4n) is 8.14. The quantitative estimate of drug-likeness (QED) is 0.0792. The van der Waals surface area contributed by atoms with Crippen LogP contribution in [-0.2, 0) is 0 Å². The molecule has 0 saturated carbocycles. The second-order valence-corrected chi connectivity index (χ2v) is 15.0. The van der Waals surface area contributed by atoms with E-state index in [9.17, 15) is 10.1 Å². The summed E-state index contributed by atoms with van der Waals surface area (Å²) in [6.45, 7) is 0. The summed E-state index contributed by atoms with van der Waals surface area (Å²) in [5, 5.41) is 23.0. The molecule has 3 nitrogen and oxygen atoms in total. The summed E-state index contributed by atoms with van der Waals surface area (Å²) in [6, 6.07) is 57.6. The molecule has 1 aromatic heterocycles. The molecule has 0 saturated heterocycles. The third kappa shape index (κ3) is 4.23. The fraction of sp³-hybridized carbons (Fsp3) is 0. The van der Waals surface area contributed by atoms with Gasteiger partial charge in [0.05, 0.1) is 0 Å². The monoisotopic (exact) mass is 705 g/mol. The van der Waals surface area contributed by atoms with Gasteiger partial charge in [-0.3, -0.25) is 0 Å². The number of hydrogen-bond acceptors (Lipinski definition) is 2. The van der Waals surface area contributed by atoms with Gasteiger partial charge < -0.3 is 0 Å². The van der Waals surface area contributed by atoms with Gasteiger partial charge in [0.1, 0.15) is 0 Å². The molecule has 0 amide bonds. The van der Waals surface area contributed by atoms with Crippen molar-refractivity contribution >= 4 is 82.6 Å². The van der Waals surface area contributed by atoms with Gasteiger partial charge in [0.2, 0.25) is 0 Å². The molecule has 234 valence electrons. The van der Waals surface area contributed by atoms with Gasteiger partial charge in [-0.25, -0.2) is 0 Å². The normalized spacial score (nSPS) is 11.8. The number of rotatable bonds is 4. The molecule has 9 aromatic carbocycles. The van der Waals surface area contributed by atoms with Crippen molar-refractivity contribution in [2.75, 3.05) is 0 Å². The predicted molar refractivity (Wildman–Crippen MR) is 211 cm³/mol. The molecule has 0 N–H and O–H groups in total. The van der Waals surface area contributed by atoms with Crippen LogP contribution in [0.1, 0.15) is 0 Å². The van der Waals surface area contributed by atoms with E-state index in [-0.39, 0.29) is 25.1 Å². The Bertz CT molecular complexity index is 2900. The zero-order valence-electron chi connectivity index (χ0n) is 26.8. The first-order chi connectivity index (χ1) is 24.7. The third-order valence-electron chi connectivity index (χ3n) is 10.1. The number of nitrogens with zero attached hydrogens (tertiary/aromatic N) is 1. The van der Waals surface area contributed by atoms with E-state index in [0.717, 1.165) is 21.9 Å². The van der Waals surface area contributed by atoms with E-state index in [2.05, 4.69) is 115 Å². The van der Waals surface area contributed by atoms with Crippen molar-refractivity contribution in [2.24, 2.45) is 0 Å². The van der Waals surface area contributed by atoms with E-state index < -0.39 is 0 Å². The molecule has 0 atom stereocenters. The topological polar surface area (TPSA) is 43.1 Å². The summed E-state index contributed by atoms with van der Waals surface area (Å²) in [7, 11) is 0. The summed E-state index contributed by atoms with van der Waals surface area (Å²) in [5.74, 6) is 0. The molecule has 0 unspecified atom stereocenters. The first kappa shape index (κ1) is 28.9. The molecular weight excluding hydrogens is 677 g/mol. The van der Waals surface area contributed by atoms with E-state index in [1.165, 1.54) is 63.1 Å². The van der Waals surface area contributed by atoms with Gasteiger partial charge in [-0.05, 0) is 0 Å². The molecule has 0 spiro atoms. The van der Waals surface area contributed by atoms with Crippen LogP contribution in [0.15, 0.2) is 164 Å². The number of benzene rings is 9. The van der Waals surface area contributed by atoms with Crippen LogP contribution in [0, 0.1) is 10.1 Å². The standard InChI is InChI=1S/C46H27NO2Se/c48-47(49)46-36-21-10-8-19-34(36)43(35-20-9-11-22-37(35)46)29-25-26-40-39(27-29)45-38(23-12-24-41(45)50-40)44-32-17-6-4-15-30(32)42(28-13-2-1-3-14-28)31-16-5-7-18-33(31)44/h1-27H. The molecular formula is C46H27NO2Se. The van der Waals surface area contributed by atoms with Crippen molar-refractivity contribution in [3.63, 3.8) is 0 Å². The van der Waals surface area contributed by atoms with Gasteiger partial charge in [0.25, 0.3) is 0 Å². The zero-order valence-corrected chi connectivity index (χ0v) is 28.5. The predicted octanol–water partition coefficient (Wildman–Crippen LogP) is 12.6. The number of nitro groups is 1. The van der Waals surface area contributed by atoms with Crippen LogP contribution in [0.25, 0.3) is 95.8 Å². The van der Waals surface area contributed by atoms with E-state index in [1.807, 2.05) is 48.5 Å². The molecule has 0 aliphatic heterocycles. The maximum absolute atomic E-state index is 12.4. The summed E-state index contributed by atoms with van der Waals surface area (Å²) >= 11 is 0.147. The Morgan fingerprint density at radius 2 is 0.880 bits per heavy atom. The second kappa shape index (κ2) is 11.2. The Morgan fingerprint density at radius 1 is 0.400 bits per heavy atom. The van der Waals surface area contributed by atoms with Crippen LogP contribution < -0.4 is 0 Å². The van der Waals surface area contributed by atoms with Gasteiger partial charge in [0.15, 0.2) is 0 Å². The van der Waals surface area contributed by atoms with Crippen molar-refractivity contribution in [3.8, 4) is 33.4 Å². The summed E-state index contributed by atoms with van der Waals surface area (Å²) in [5.41, 5.74) is 7.24. The average molecular weight is 705 g/mol. The third-order valence-corrected chi connectivity index (χ3v) is 12.5. The molecule has 1 heterocycles. The van der Waals surface area contributed by atoms with E-state index in [0.29, 0.717) is 10.8 Å². The number of fused-ring (bicyclic) bond motifs is 7. The Kier molecular flexibility index (Phi) is 6.50. The number of non-ortho nitro benzene ring substituents is 1. The van der Waals surface area contributed by atoms with Crippen LogP contribution in [-0.4, -0.2) is 19.4 Å². The number of nitro benzene ring substituents is 1. The Balaban J connectivity index is 1.31. The van der Waals surface area contributed by atoms with E-state index in [4.69, 9.17) is 0 Å². The number of hydrogen-bond donors (Lipinski definition) is 0. The van der Waals surface area contributed by atoms with Crippen LogP contribution >= 0.6 is 0 Å². The molecule has 4 heteroatoms. The molecule has 0 bridgehead atoms. The summed E-state index contributed by atoms with van der Waals surface area (Å²) in [6.07, 6.45) is 0. The molecule has 0 aliphatic rings. The molecule has 10 aromatic rings. The van der Waals surface area contributed by atoms with Crippen molar-refractivity contribution in [1.29, 1.82) is 0 Å². The average Bonchev–Trinajstić information content (AvgIpc) is 3.54. The minimum absolute atomic E-state index is 0.147. The first-order valence-electron chi connectivity index (χ1n) is 16.7. The van der Waals surface area contributed by atoms with Gasteiger partial charge in [-0.1, -0.05) is 0 Å². The maximum atomic E-state index is 12.4. The Morgan fingerprint density at radius 3 is 1.44 bits per heavy atom. The minimum atomic E-state index is -0.236. The van der Waals surface area contributed by atoms with Gasteiger partial charge in [-0.2, -0.15) is 0 Å². The molecule has 0 radical (unpaired) electrons. The van der Waals surface area contributed by atoms with Gasteiger partial charge in [-0.15, -0.1) is 0 Å². The van der Waals surface area contributed by atoms with E-state index in [1.54, 1.807) is 0 Å². The van der Waals surface area contributed by atoms with Crippen LogP contribution in [0.4, 0.5) is 5.69 Å². The van der Waals surface area contributed by atoms with Crippen LogP contribution in [0.5, 0.6) is 0 Å². The molecule has 0 fully saturated rings. The van der Waals surface area contributed by atoms with Gasteiger partial charge >= 0.3 is 295 Å². The van der Waals surface area contributed by atoms with Crippen LogP contribution in [0.3, 0.4) is 0 Å². The van der Waals surface area contributed by atoms with Crippen molar-refractivity contribution < 1.29 is 4.92 Å². The molecule has 10 rings (SSSR count). The summed E-state index contributed by atoms with van der Waals surface area (Å²) in [4.78, 5) is 12.2. The van der Waals surface area contributed by atoms with E-state index >= 15 is 0 Å². The van der Waals surface area contributed by atoms with Crippen molar-refractivity contribution in [2.45, 2.75) is 0 Å². The summed E-state index contributed by atoms with van der Waals surface area (Å²) < 4.78 is 2.73. The zero-order chi connectivity index (χ0) is 33.3. The Labute approximate surface area is 293 Å². The SMILES string of the molecule is O=[N+]([O-])c1c2ccccc2c(-c2ccc3[se]c4cccc(-c5c6ccccc6c(-c6ccccc6)c6ccccc56)c4c3c2)c2ccccc12. The van der Waals surface area contributed by atoms with Crippen LogP contribution in [0.2, 0.25) is 0 Å². The first-order valence-corrected chi connectivity index (χ1v) is 18.4. The van der Waals surface area contributed by atoms with Gasteiger partial charge in [0, 0.05) is 0 Å².